The Morgan fingerprint density at radius 2 is 1.75 bits per heavy atom. The van der Waals surface area contributed by atoms with Crippen molar-refractivity contribution in [3.8, 4) is 0 Å². The first-order chi connectivity index (χ1) is 15.3. The predicted octanol–water partition coefficient (Wildman–Crippen LogP) is 3.31. The Hall–Kier alpha value is -2.42. The minimum Gasteiger partial charge on any atom is -0.469 e. The van der Waals surface area contributed by atoms with Crippen LogP contribution in [-0.4, -0.2) is 44.3 Å². The van der Waals surface area contributed by atoms with Gasteiger partial charge in [0.05, 0.1) is 12.0 Å². The largest absolute Gasteiger partial charge is 0.469 e. The van der Waals surface area contributed by atoms with Gasteiger partial charge in [0.15, 0.2) is 0 Å². The molecule has 0 radical (unpaired) electrons. The summed E-state index contributed by atoms with van der Waals surface area (Å²) in [6, 6.07) is 12.5. The van der Waals surface area contributed by atoms with E-state index in [4.69, 9.17) is 11.6 Å². The summed E-state index contributed by atoms with van der Waals surface area (Å²) in [5.41, 5.74) is 1.69. The van der Waals surface area contributed by atoms with E-state index in [0.29, 0.717) is 24.4 Å². The number of benzene rings is 2. The average molecular weight is 479 g/mol. The van der Waals surface area contributed by atoms with Gasteiger partial charge in [-0.1, -0.05) is 35.9 Å². The van der Waals surface area contributed by atoms with Crippen LogP contribution in [0.15, 0.2) is 53.4 Å². The highest BCUT2D eigenvalue weighted by Gasteiger charge is 2.36. The number of nitrogens with zero attached hydrogens (tertiary/aromatic N) is 1. The minimum atomic E-state index is -3.95. The highest BCUT2D eigenvalue weighted by atomic mass is 35.5. The maximum atomic E-state index is 13.5. The molecular formula is C23H27ClN2O5S. The summed E-state index contributed by atoms with van der Waals surface area (Å²) < 4.78 is 33.0. The van der Waals surface area contributed by atoms with Crippen LogP contribution in [0, 0.1) is 0 Å². The Kier molecular flexibility index (Phi) is 8.28. The molecule has 0 aliphatic carbocycles. The van der Waals surface area contributed by atoms with Gasteiger partial charge in [0.2, 0.25) is 15.9 Å². The summed E-state index contributed by atoms with van der Waals surface area (Å²) in [5, 5.41) is 3.26. The molecule has 32 heavy (non-hydrogen) atoms. The second-order valence-electron chi connectivity index (χ2n) is 7.70. The van der Waals surface area contributed by atoms with Gasteiger partial charge in [-0.2, -0.15) is 4.31 Å². The second-order valence-corrected chi connectivity index (χ2v) is 10.0. The molecule has 1 aliphatic heterocycles. The standard InChI is InChI=1S/C23H27ClN2O5S/c1-31-22(27)14-9-17-5-7-18(8-6-17)16-26(21-4-2-3-15-25-23(21)28)32(29,30)20-12-10-19(24)11-13-20/h5-8,10-13,21H,2-4,9,14-16H2,1H3,(H,25,28)/t21-/m1/s1. The van der Waals surface area contributed by atoms with Crippen molar-refractivity contribution < 1.29 is 22.7 Å². The van der Waals surface area contributed by atoms with E-state index in [0.717, 1.165) is 24.0 Å². The van der Waals surface area contributed by atoms with E-state index >= 15 is 0 Å². The third-order valence-electron chi connectivity index (χ3n) is 5.48. The fourth-order valence-corrected chi connectivity index (χ4v) is 5.37. The van der Waals surface area contributed by atoms with Crippen molar-refractivity contribution in [2.45, 2.75) is 49.6 Å². The normalized spacial score (nSPS) is 17.0. The van der Waals surface area contributed by atoms with Gasteiger partial charge in [0.25, 0.3) is 0 Å². The Bertz CT molecular complexity index is 1040. The number of nitrogens with one attached hydrogen (secondary N) is 1. The van der Waals surface area contributed by atoms with Crippen molar-refractivity contribution in [3.63, 3.8) is 0 Å². The van der Waals surface area contributed by atoms with Crippen molar-refractivity contribution in [3.05, 3.63) is 64.7 Å². The quantitative estimate of drug-likeness (QED) is 0.587. The maximum absolute atomic E-state index is 13.5. The molecule has 2 aromatic rings. The van der Waals surface area contributed by atoms with Crippen molar-refractivity contribution in [2.24, 2.45) is 0 Å². The number of sulfonamides is 1. The first-order valence-corrected chi connectivity index (χ1v) is 12.3. The lowest BCUT2D eigenvalue weighted by atomic mass is 10.1. The molecule has 172 valence electrons. The predicted molar refractivity (Wildman–Crippen MR) is 122 cm³/mol. The molecule has 2 aromatic carbocycles. The highest BCUT2D eigenvalue weighted by Crippen LogP contribution is 2.26. The van der Waals surface area contributed by atoms with Gasteiger partial charge in [-0.3, -0.25) is 9.59 Å². The van der Waals surface area contributed by atoms with E-state index in [-0.39, 0.29) is 29.7 Å². The molecule has 1 heterocycles. The van der Waals surface area contributed by atoms with E-state index < -0.39 is 16.1 Å². The third-order valence-corrected chi connectivity index (χ3v) is 7.60. The summed E-state index contributed by atoms with van der Waals surface area (Å²) in [6.07, 6.45) is 2.82. The number of hydrogen-bond acceptors (Lipinski definition) is 5. The molecule has 1 fully saturated rings. The highest BCUT2D eigenvalue weighted by molar-refractivity contribution is 7.89. The molecule has 7 nitrogen and oxygen atoms in total. The Morgan fingerprint density at radius 3 is 2.41 bits per heavy atom. The van der Waals surface area contributed by atoms with Crippen LogP contribution < -0.4 is 5.32 Å². The number of methoxy groups -OCH3 is 1. The maximum Gasteiger partial charge on any atom is 0.305 e. The number of carbonyl (C=O) groups is 2. The zero-order valence-corrected chi connectivity index (χ0v) is 19.5. The molecule has 0 saturated carbocycles. The molecule has 1 atom stereocenters. The van der Waals surface area contributed by atoms with Gasteiger partial charge in [-0.15, -0.1) is 0 Å². The summed E-state index contributed by atoms with van der Waals surface area (Å²) >= 11 is 5.93. The minimum absolute atomic E-state index is 0.0559. The van der Waals surface area contributed by atoms with Crippen LogP contribution >= 0.6 is 11.6 Å². The number of halogens is 1. The second kappa shape index (κ2) is 10.9. The fourth-order valence-electron chi connectivity index (χ4n) is 3.64. The number of aryl methyl sites for hydroxylation is 1. The molecule has 3 rings (SSSR count). The number of amides is 1. The summed E-state index contributed by atoms with van der Waals surface area (Å²) in [6.45, 7) is 0.597. The lowest BCUT2D eigenvalue weighted by Gasteiger charge is -2.29. The smallest absolute Gasteiger partial charge is 0.305 e. The number of rotatable bonds is 8. The SMILES string of the molecule is COC(=O)CCc1ccc(CN([C@@H]2CCCCNC2=O)S(=O)(=O)c2ccc(Cl)cc2)cc1. The van der Waals surface area contributed by atoms with E-state index in [1.807, 2.05) is 24.3 Å². The fraction of sp³-hybridized carbons (Fsp3) is 0.391. The van der Waals surface area contributed by atoms with Crippen LogP contribution in [0.5, 0.6) is 0 Å². The molecular weight excluding hydrogens is 452 g/mol. The van der Waals surface area contributed by atoms with Crippen LogP contribution in [0.2, 0.25) is 5.02 Å². The van der Waals surface area contributed by atoms with Crippen LogP contribution in [0.1, 0.15) is 36.8 Å². The Morgan fingerprint density at radius 1 is 1.09 bits per heavy atom. The molecule has 1 N–H and O–H groups in total. The van der Waals surface area contributed by atoms with Crippen LogP contribution in [0.4, 0.5) is 0 Å². The molecule has 1 saturated heterocycles. The van der Waals surface area contributed by atoms with Gasteiger partial charge in [-0.05, 0) is 61.1 Å². The van der Waals surface area contributed by atoms with E-state index in [9.17, 15) is 18.0 Å². The number of ether oxygens (including phenoxy) is 1. The number of esters is 1. The average Bonchev–Trinajstić information content (AvgIpc) is 3.00. The Labute approximate surface area is 193 Å². The van der Waals surface area contributed by atoms with Crippen LogP contribution in [-0.2, 0) is 37.3 Å². The molecule has 0 spiro atoms. The molecule has 1 amide bonds. The van der Waals surface area contributed by atoms with Crippen LogP contribution in [0.3, 0.4) is 0 Å². The van der Waals surface area contributed by atoms with Gasteiger partial charge in [-0.25, -0.2) is 8.42 Å². The topological polar surface area (TPSA) is 92.8 Å². The summed E-state index contributed by atoms with van der Waals surface area (Å²) in [4.78, 5) is 24.2. The summed E-state index contributed by atoms with van der Waals surface area (Å²) in [5.74, 6) is -0.566. The van der Waals surface area contributed by atoms with E-state index in [2.05, 4.69) is 10.1 Å². The molecule has 1 aliphatic rings. The van der Waals surface area contributed by atoms with E-state index in [1.165, 1.54) is 35.7 Å². The van der Waals surface area contributed by atoms with Crippen LogP contribution in [0.25, 0.3) is 0 Å². The first kappa shape index (κ1) is 24.2. The van der Waals surface area contributed by atoms with Gasteiger partial charge < -0.3 is 10.1 Å². The van der Waals surface area contributed by atoms with Gasteiger partial charge >= 0.3 is 5.97 Å². The zero-order valence-electron chi connectivity index (χ0n) is 17.9. The third kappa shape index (κ3) is 6.09. The molecule has 0 bridgehead atoms. The number of hydrogen-bond donors (Lipinski definition) is 1. The lowest BCUT2D eigenvalue weighted by molar-refractivity contribution is -0.140. The summed E-state index contributed by atoms with van der Waals surface area (Å²) in [7, 11) is -2.60. The monoisotopic (exact) mass is 478 g/mol. The van der Waals surface area contributed by atoms with Gasteiger partial charge in [0.1, 0.15) is 6.04 Å². The Balaban J connectivity index is 1.88. The first-order valence-electron chi connectivity index (χ1n) is 10.5. The van der Waals surface area contributed by atoms with E-state index in [1.54, 1.807) is 0 Å². The molecule has 9 heteroatoms. The molecule has 0 unspecified atom stereocenters. The molecule has 0 aromatic heterocycles. The van der Waals surface area contributed by atoms with Crippen molar-refractivity contribution in [2.75, 3.05) is 13.7 Å². The zero-order chi connectivity index (χ0) is 23.1. The lowest BCUT2D eigenvalue weighted by Crippen LogP contribution is -2.48. The van der Waals surface area contributed by atoms with Crippen molar-refractivity contribution in [1.29, 1.82) is 0 Å². The number of carbonyl (C=O) groups excluding carboxylic acids is 2. The van der Waals surface area contributed by atoms with Crippen molar-refractivity contribution >= 4 is 33.5 Å². The van der Waals surface area contributed by atoms with Gasteiger partial charge in [0, 0.05) is 24.5 Å². The van der Waals surface area contributed by atoms with Crippen molar-refractivity contribution in [1.82, 2.24) is 9.62 Å².